The van der Waals surface area contributed by atoms with E-state index in [9.17, 15) is 4.79 Å². The summed E-state index contributed by atoms with van der Waals surface area (Å²) in [7, 11) is 1.65. The molecule has 22 heavy (non-hydrogen) atoms. The van der Waals surface area contributed by atoms with Crippen molar-refractivity contribution < 1.29 is 14.3 Å². The minimum absolute atomic E-state index is 0.150. The molecule has 0 fully saturated rings. The summed E-state index contributed by atoms with van der Waals surface area (Å²) < 4.78 is 10.8. The summed E-state index contributed by atoms with van der Waals surface area (Å²) in [5.74, 6) is -0.244. The van der Waals surface area contributed by atoms with Crippen molar-refractivity contribution in [3.63, 3.8) is 0 Å². The largest absolute Gasteiger partial charge is 0.456 e. The van der Waals surface area contributed by atoms with E-state index >= 15 is 0 Å². The van der Waals surface area contributed by atoms with Crippen LogP contribution in [0.25, 0.3) is 0 Å². The highest BCUT2D eigenvalue weighted by Gasteiger charge is 2.17. The number of benzene rings is 1. The highest BCUT2D eigenvalue weighted by molar-refractivity contribution is 5.91. The van der Waals surface area contributed by atoms with Crippen LogP contribution in [0, 0.1) is 6.92 Å². The predicted octanol–water partition coefficient (Wildman–Crippen LogP) is 4.92. The second-order valence-corrected chi connectivity index (χ2v) is 5.85. The number of aryl methyl sites for hydroxylation is 1. The van der Waals surface area contributed by atoms with Crippen LogP contribution in [-0.2, 0) is 9.47 Å². The Morgan fingerprint density at radius 3 is 2.45 bits per heavy atom. The summed E-state index contributed by atoms with van der Waals surface area (Å²) in [5, 5.41) is 0. The molecule has 1 atom stereocenters. The van der Waals surface area contributed by atoms with Crippen molar-refractivity contribution in [2.24, 2.45) is 0 Å². The first-order chi connectivity index (χ1) is 10.7. The average Bonchev–Trinajstić information content (AvgIpc) is 2.51. The fourth-order valence-corrected chi connectivity index (χ4v) is 2.53. The van der Waals surface area contributed by atoms with E-state index in [1.807, 2.05) is 31.2 Å². The van der Waals surface area contributed by atoms with Crippen LogP contribution in [0.4, 0.5) is 0 Å². The second kappa shape index (κ2) is 11.2. The number of carbonyl (C=O) groups is 1. The second-order valence-electron chi connectivity index (χ2n) is 5.85. The SMILES string of the molecule is CCCCCCCCC(COC)OC(=O)c1ccccc1C. The monoisotopic (exact) mass is 306 g/mol. The molecular weight excluding hydrogens is 276 g/mol. The minimum atomic E-state index is -0.244. The Morgan fingerprint density at radius 1 is 1.09 bits per heavy atom. The van der Waals surface area contributed by atoms with Gasteiger partial charge in [-0.05, 0) is 31.4 Å². The molecule has 0 spiro atoms. The van der Waals surface area contributed by atoms with Crippen LogP contribution in [0.15, 0.2) is 24.3 Å². The van der Waals surface area contributed by atoms with Crippen LogP contribution in [0.3, 0.4) is 0 Å². The maximum Gasteiger partial charge on any atom is 0.338 e. The third-order valence-corrected chi connectivity index (χ3v) is 3.87. The van der Waals surface area contributed by atoms with Crippen molar-refractivity contribution in [3.8, 4) is 0 Å². The maximum absolute atomic E-state index is 12.2. The molecule has 0 saturated carbocycles. The molecule has 1 unspecified atom stereocenters. The van der Waals surface area contributed by atoms with Crippen LogP contribution < -0.4 is 0 Å². The van der Waals surface area contributed by atoms with Crippen LogP contribution in [0.5, 0.6) is 0 Å². The number of hydrogen-bond acceptors (Lipinski definition) is 3. The lowest BCUT2D eigenvalue weighted by molar-refractivity contribution is 0.00230. The number of carbonyl (C=O) groups excluding carboxylic acids is 1. The minimum Gasteiger partial charge on any atom is -0.456 e. The van der Waals surface area contributed by atoms with Gasteiger partial charge in [-0.1, -0.05) is 57.2 Å². The first kappa shape index (κ1) is 18.7. The maximum atomic E-state index is 12.2. The first-order valence-electron chi connectivity index (χ1n) is 8.44. The van der Waals surface area contributed by atoms with Gasteiger partial charge in [0.1, 0.15) is 6.10 Å². The fraction of sp³-hybridized carbons (Fsp3) is 0.632. The van der Waals surface area contributed by atoms with Crippen LogP contribution >= 0.6 is 0 Å². The van der Waals surface area contributed by atoms with Crippen LogP contribution in [0.2, 0.25) is 0 Å². The molecule has 0 aliphatic carbocycles. The van der Waals surface area contributed by atoms with E-state index < -0.39 is 0 Å². The van der Waals surface area contributed by atoms with E-state index in [0.29, 0.717) is 12.2 Å². The van der Waals surface area contributed by atoms with Gasteiger partial charge >= 0.3 is 5.97 Å². The molecule has 0 radical (unpaired) electrons. The van der Waals surface area contributed by atoms with Gasteiger partial charge in [0.15, 0.2) is 0 Å². The van der Waals surface area contributed by atoms with Crippen molar-refractivity contribution >= 4 is 5.97 Å². The number of methoxy groups -OCH3 is 1. The Morgan fingerprint density at radius 2 is 1.77 bits per heavy atom. The normalized spacial score (nSPS) is 12.1. The summed E-state index contributed by atoms with van der Waals surface area (Å²) in [6.45, 7) is 4.61. The Bertz CT molecular complexity index is 428. The van der Waals surface area contributed by atoms with E-state index in [0.717, 1.165) is 18.4 Å². The summed E-state index contributed by atoms with van der Waals surface area (Å²) >= 11 is 0. The Balaban J connectivity index is 2.40. The Hall–Kier alpha value is -1.35. The first-order valence-corrected chi connectivity index (χ1v) is 8.44. The molecule has 0 bridgehead atoms. The molecule has 0 amide bonds. The number of rotatable bonds is 11. The predicted molar refractivity (Wildman–Crippen MR) is 90.3 cm³/mol. The smallest absolute Gasteiger partial charge is 0.338 e. The van der Waals surface area contributed by atoms with E-state index in [1.54, 1.807) is 7.11 Å². The summed E-state index contributed by atoms with van der Waals surface area (Å²) in [6.07, 6.45) is 8.14. The lowest BCUT2D eigenvalue weighted by Gasteiger charge is -2.17. The highest BCUT2D eigenvalue weighted by Crippen LogP contribution is 2.14. The van der Waals surface area contributed by atoms with E-state index in [1.165, 1.54) is 32.1 Å². The topological polar surface area (TPSA) is 35.5 Å². The highest BCUT2D eigenvalue weighted by atomic mass is 16.6. The number of esters is 1. The average molecular weight is 306 g/mol. The summed E-state index contributed by atoms with van der Waals surface area (Å²) in [5.41, 5.74) is 1.59. The van der Waals surface area contributed by atoms with Crippen molar-refractivity contribution in [3.05, 3.63) is 35.4 Å². The van der Waals surface area contributed by atoms with Gasteiger partial charge in [-0.3, -0.25) is 0 Å². The summed E-state index contributed by atoms with van der Waals surface area (Å²) in [6, 6.07) is 7.53. The van der Waals surface area contributed by atoms with Crippen molar-refractivity contribution in [1.82, 2.24) is 0 Å². The lowest BCUT2D eigenvalue weighted by atomic mass is 10.1. The standard InChI is InChI=1S/C19H30O3/c1-4-5-6-7-8-9-13-17(15-21-3)22-19(20)18-14-11-10-12-16(18)2/h10-12,14,17H,4-9,13,15H2,1-3H3. The molecular formula is C19H30O3. The van der Waals surface area contributed by atoms with E-state index in [-0.39, 0.29) is 12.1 Å². The zero-order valence-electron chi connectivity index (χ0n) is 14.3. The van der Waals surface area contributed by atoms with Crippen LogP contribution in [0.1, 0.15) is 67.8 Å². The third-order valence-electron chi connectivity index (χ3n) is 3.87. The van der Waals surface area contributed by atoms with Crippen molar-refractivity contribution in [1.29, 1.82) is 0 Å². The van der Waals surface area contributed by atoms with Gasteiger partial charge in [-0.25, -0.2) is 4.79 Å². The molecule has 1 rings (SSSR count). The third kappa shape index (κ3) is 7.08. The van der Waals surface area contributed by atoms with Gasteiger partial charge in [0.25, 0.3) is 0 Å². The van der Waals surface area contributed by atoms with Gasteiger partial charge in [0.05, 0.1) is 12.2 Å². The molecule has 0 N–H and O–H groups in total. The molecule has 3 heteroatoms. The van der Waals surface area contributed by atoms with E-state index in [4.69, 9.17) is 9.47 Å². The molecule has 0 heterocycles. The zero-order valence-corrected chi connectivity index (χ0v) is 14.3. The Labute approximate surface area is 135 Å². The number of hydrogen-bond donors (Lipinski definition) is 0. The van der Waals surface area contributed by atoms with Gasteiger partial charge < -0.3 is 9.47 Å². The van der Waals surface area contributed by atoms with Gasteiger partial charge in [-0.15, -0.1) is 0 Å². The molecule has 0 saturated heterocycles. The van der Waals surface area contributed by atoms with Gasteiger partial charge in [-0.2, -0.15) is 0 Å². The van der Waals surface area contributed by atoms with Crippen LogP contribution in [-0.4, -0.2) is 25.8 Å². The molecule has 3 nitrogen and oxygen atoms in total. The molecule has 1 aromatic carbocycles. The van der Waals surface area contributed by atoms with Gasteiger partial charge in [0.2, 0.25) is 0 Å². The zero-order chi connectivity index (χ0) is 16.2. The quantitative estimate of drug-likeness (QED) is 0.430. The molecule has 0 aromatic heterocycles. The molecule has 1 aromatic rings. The molecule has 124 valence electrons. The molecule has 0 aliphatic rings. The van der Waals surface area contributed by atoms with Gasteiger partial charge in [0, 0.05) is 7.11 Å². The molecule has 0 aliphatic heterocycles. The Kier molecular flexibility index (Phi) is 9.56. The van der Waals surface area contributed by atoms with E-state index in [2.05, 4.69) is 6.92 Å². The van der Waals surface area contributed by atoms with Crippen molar-refractivity contribution in [2.45, 2.75) is 64.9 Å². The fourth-order valence-electron chi connectivity index (χ4n) is 2.53. The lowest BCUT2D eigenvalue weighted by Crippen LogP contribution is -2.23. The number of ether oxygens (including phenoxy) is 2. The summed E-state index contributed by atoms with van der Waals surface area (Å²) in [4.78, 5) is 12.2. The van der Waals surface area contributed by atoms with Crippen molar-refractivity contribution in [2.75, 3.05) is 13.7 Å². The number of unbranched alkanes of at least 4 members (excludes halogenated alkanes) is 5.